The lowest BCUT2D eigenvalue weighted by Gasteiger charge is -2.23. The van der Waals surface area contributed by atoms with Gasteiger partial charge in [0.2, 0.25) is 5.91 Å². The van der Waals surface area contributed by atoms with Crippen molar-refractivity contribution in [2.45, 2.75) is 38.2 Å². The molecule has 0 aromatic heterocycles. The minimum atomic E-state index is -1.73. The number of carboxylic acids is 1. The number of alkyl halides is 1. The Morgan fingerprint density at radius 1 is 1.47 bits per heavy atom. The van der Waals surface area contributed by atoms with Gasteiger partial charge in [-0.2, -0.15) is 0 Å². The Labute approximate surface area is 107 Å². The first-order valence-electron chi connectivity index (χ1n) is 5.50. The minimum Gasteiger partial charge on any atom is -0.480 e. The molecule has 1 aliphatic heterocycles. The highest BCUT2D eigenvalue weighted by molar-refractivity contribution is 6.69. The predicted octanol–water partition coefficient (Wildman–Crippen LogP) is 1.13. The van der Waals surface area contributed by atoms with Crippen LogP contribution in [0, 0.1) is 0 Å². The van der Waals surface area contributed by atoms with E-state index < -0.39 is 20.3 Å². The fourth-order valence-electron chi connectivity index (χ4n) is 1.97. The number of nitrogens with zero attached hydrogens (tertiary/aromatic N) is 1. The van der Waals surface area contributed by atoms with Crippen LogP contribution in [0.1, 0.15) is 6.42 Å². The number of hydrogen-bond acceptors (Lipinski definition) is 3. The molecule has 5 nitrogen and oxygen atoms in total. The third kappa shape index (κ3) is 3.97. The third-order valence-electron chi connectivity index (χ3n) is 2.50. The SMILES string of the molecule is C[Si](C)(C)O[C@H]1C[C@H](C(=O)O)N(C(=O)CCl)C1. The summed E-state index contributed by atoms with van der Waals surface area (Å²) in [6, 6.07) is -0.803. The summed E-state index contributed by atoms with van der Waals surface area (Å²) in [5, 5.41) is 9.06. The van der Waals surface area contributed by atoms with Crippen molar-refractivity contribution in [1.82, 2.24) is 4.90 Å². The molecule has 0 spiro atoms. The maximum Gasteiger partial charge on any atom is 0.326 e. The molecule has 1 aliphatic rings. The van der Waals surface area contributed by atoms with E-state index in [2.05, 4.69) is 0 Å². The van der Waals surface area contributed by atoms with E-state index in [0.29, 0.717) is 13.0 Å². The molecule has 0 unspecified atom stereocenters. The Bertz CT molecular complexity index is 318. The molecule has 1 saturated heterocycles. The first kappa shape index (κ1) is 14.5. The van der Waals surface area contributed by atoms with Crippen LogP contribution in [0.2, 0.25) is 19.6 Å². The van der Waals surface area contributed by atoms with Crippen molar-refractivity contribution in [2.24, 2.45) is 0 Å². The molecular formula is C10H18ClNO4Si. The largest absolute Gasteiger partial charge is 0.480 e. The zero-order valence-corrected chi connectivity index (χ0v) is 12.0. The third-order valence-corrected chi connectivity index (χ3v) is 3.77. The molecule has 1 fully saturated rings. The van der Waals surface area contributed by atoms with Crippen LogP contribution in [0.15, 0.2) is 0 Å². The fourth-order valence-corrected chi connectivity index (χ4v) is 3.29. The van der Waals surface area contributed by atoms with Gasteiger partial charge in [-0.15, -0.1) is 11.6 Å². The van der Waals surface area contributed by atoms with Crippen LogP contribution in [0.5, 0.6) is 0 Å². The number of amides is 1. The topological polar surface area (TPSA) is 66.8 Å². The van der Waals surface area contributed by atoms with E-state index in [1.54, 1.807) is 0 Å². The fraction of sp³-hybridized carbons (Fsp3) is 0.800. The lowest BCUT2D eigenvalue weighted by atomic mass is 10.2. The molecule has 0 saturated carbocycles. The van der Waals surface area contributed by atoms with Gasteiger partial charge in [0.15, 0.2) is 8.32 Å². The van der Waals surface area contributed by atoms with E-state index in [9.17, 15) is 9.59 Å². The van der Waals surface area contributed by atoms with Gasteiger partial charge in [-0.25, -0.2) is 4.79 Å². The normalized spacial score (nSPS) is 25.1. The molecule has 1 rings (SSSR count). The summed E-state index contributed by atoms with van der Waals surface area (Å²) in [7, 11) is -1.73. The molecule has 98 valence electrons. The standard InChI is InChI=1S/C10H18ClNO4Si/c1-17(2,3)16-7-4-8(10(14)15)12(6-7)9(13)5-11/h7-8H,4-6H2,1-3H3,(H,14,15)/t7-,8+/m0/s1. The number of rotatable bonds is 4. The molecule has 0 aromatic rings. The molecule has 0 radical (unpaired) electrons. The van der Waals surface area contributed by atoms with Crippen LogP contribution < -0.4 is 0 Å². The van der Waals surface area contributed by atoms with E-state index in [-0.39, 0.29) is 17.9 Å². The molecule has 1 amide bonds. The van der Waals surface area contributed by atoms with Gasteiger partial charge < -0.3 is 14.4 Å². The monoisotopic (exact) mass is 279 g/mol. The number of carboxylic acid groups (broad SMARTS) is 1. The Hall–Kier alpha value is -0.593. The zero-order chi connectivity index (χ0) is 13.2. The second-order valence-electron chi connectivity index (χ2n) is 5.12. The van der Waals surface area contributed by atoms with Crippen molar-refractivity contribution < 1.29 is 19.1 Å². The number of halogens is 1. The lowest BCUT2D eigenvalue weighted by molar-refractivity contribution is -0.147. The average molecular weight is 280 g/mol. The van der Waals surface area contributed by atoms with Crippen LogP contribution in [-0.2, 0) is 14.0 Å². The van der Waals surface area contributed by atoms with Crippen LogP contribution in [0.4, 0.5) is 0 Å². The van der Waals surface area contributed by atoms with Gasteiger partial charge in [-0.05, 0) is 19.6 Å². The molecule has 2 atom stereocenters. The summed E-state index contributed by atoms with van der Waals surface area (Å²) in [5.74, 6) is -1.53. The Morgan fingerprint density at radius 3 is 2.47 bits per heavy atom. The number of carbonyl (C=O) groups is 2. The van der Waals surface area contributed by atoms with Crippen LogP contribution in [-0.4, -0.2) is 54.8 Å². The molecule has 0 aromatic carbocycles. The van der Waals surface area contributed by atoms with E-state index in [4.69, 9.17) is 21.1 Å². The van der Waals surface area contributed by atoms with E-state index in [1.807, 2.05) is 19.6 Å². The van der Waals surface area contributed by atoms with Crippen molar-refractivity contribution in [3.8, 4) is 0 Å². The highest BCUT2D eigenvalue weighted by Gasteiger charge is 2.41. The van der Waals surface area contributed by atoms with E-state index in [0.717, 1.165) is 0 Å². The number of likely N-dealkylation sites (tertiary alicyclic amines) is 1. The summed E-state index contributed by atoms with van der Waals surface area (Å²) < 4.78 is 5.84. The number of aliphatic carboxylic acids is 1. The molecule has 1 heterocycles. The molecule has 0 bridgehead atoms. The second kappa shape index (κ2) is 5.37. The smallest absolute Gasteiger partial charge is 0.326 e. The lowest BCUT2D eigenvalue weighted by Crippen LogP contribution is -2.41. The van der Waals surface area contributed by atoms with Crippen LogP contribution in [0.3, 0.4) is 0 Å². The summed E-state index contributed by atoms with van der Waals surface area (Å²) >= 11 is 5.47. The Kier molecular flexibility index (Phi) is 4.57. The van der Waals surface area contributed by atoms with Crippen molar-refractivity contribution in [3.63, 3.8) is 0 Å². The maximum atomic E-state index is 11.5. The summed E-state index contributed by atoms with van der Waals surface area (Å²) in [5.41, 5.74) is 0. The minimum absolute atomic E-state index is 0.185. The second-order valence-corrected chi connectivity index (χ2v) is 9.85. The highest BCUT2D eigenvalue weighted by Crippen LogP contribution is 2.23. The first-order valence-corrected chi connectivity index (χ1v) is 9.45. The quantitative estimate of drug-likeness (QED) is 0.619. The highest BCUT2D eigenvalue weighted by atomic mass is 35.5. The summed E-state index contributed by atoms with van der Waals surface area (Å²) in [6.07, 6.45) is 0.164. The van der Waals surface area contributed by atoms with Gasteiger partial charge in [0, 0.05) is 13.0 Å². The summed E-state index contributed by atoms with van der Waals surface area (Å²) in [6.45, 7) is 6.44. The van der Waals surface area contributed by atoms with Gasteiger partial charge in [0.05, 0.1) is 6.10 Å². The molecule has 17 heavy (non-hydrogen) atoms. The van der Waals surface area contributed by atoms with Gasteiger partial charge in [0.25, 0.3) is 0 Å². The predicted molar refractivity (Wildman–Crippen MR) is 66.7 cm³/mol. The number of hydrogen-bond donors (Lipinski definition) is 1. The van der Waals surface area contributed by atoms with Gasteiger partial charge >= 0.3 is 5.97 Å². The molecular weight excluding hydrogens is 262 g/mol. The number of carbonyl (C=O) groups excluding carboxylic acids is 1. The zero-order valence-electron chi connectivity index (χ0n) is 10.3. The van der Waals surface area contributed by atoms with Crippen molar-refractivity contribution in [1.29, 1.82) is 0 Å². The molecule has 1 N–H and O–H groups in total. The van der Waals surface area contributed by atoms with Gasteiger partial charge in [0.1, 0.15) is 11.9 Å². The van der Waals surface area contributed by atoms with Gasteiger partial charge in [-0.1, -0.05) is 0 Å². The van der Waals surface area contributed by atoms with Crippen molar-refractivity contribution in [2.75, 3.05) is 12.4 Å². The molecule has 0 aliphatic carbocycles. The van der Waals surface area contributed by atoms with Gasteiger partial charge in [-0.3, -0.25) is 4.79 Å². The van der Waals surface area contributed by atoms with E-state index >= 15 is 0 Å². The average Bonchev–Trinajstić information content (AvgIpc) is 2.57. The van der Waals surface area contributed by atoms with Crippen LogP contribution >= 0.6 is 11.6 Å². The van der Waals surface area contributed by atoms with Crippen LogP contribution in [0.25, 0.3) is 0 Å². The van der Waals surface area contributed by atoms with E-state index in [1.165, 1.54) is 4.90 Å². The van der Waals surface area contributed by atoms with Crippen molar-refractivity contribution >= 4 is 31.8 Å². The molecule has 7 heteroatoms. The Balaban J connectivity index is 2.72. The van der Waals surface area contributed by atoms with Crippen molar-refractivity contribution in [3.05, 3.63) is 0 Å². The summed E-state index contributed by atoms with van der Waals surface area (Å²) in [4.78, 5) is 23.9. The maximum absolute atomic E-state index is 11.5. The first-order chi connectivity index (χ1) is 7.74. The Morgan fingerprint density at radius 2 is 2.06 bits per heavy atom.